The lowest BCUT2D eigenvalue weighted by molar-refractivity contribution is 0.868. The Balaban J connectivity index is 2.08. The van der Waals surface area contributed by atoms with Crippen LogP contribution in [0.5, 0.6) is 0 Å². The van der Waals surface area contributed by atoms with Gasteiger partial charge in [0.15, 0.2) is 0 Å². The Labute approximate surface area is 95.1 Å². The first-order valence-electron chi connectivity index (χ1n) is 5.44. The van der Waals surface area contributed by atoms with Gasteiger partial charge in [0.2, 0.25) is 0 Å². The van der Waals surface area contributed by atoms with Gasteiger partial charge in [0.25, 0.3) is 0 Å². The monoisotopic (exact) mass is 216 g/mol. The molecule has 3 N–H and O–H groups in total. The topological polar surface area (TPSA) is 55.9 Å². The van der Waals surface area contributed by atoms with Crippen LogP contribution >= 0.6 is 0 Å². The van der Waals surface area contributed by atoms with Crippen LogP contribution in [0.3, 0.4) is 0 Å². The van der Waals surface area contributed by atoms with Crippen LogP contribution in [0.1, 0.15) is 6.42 Å². The Hall–Kier alpha value is -1.81. The zero-order valence-electron chi connectivity index (χ0n) is 9.13. The SMILES string of the molecule is NCCCNc1cccc(-n2cccn2)c1. The third kappa shape index (κ3) is 2.61. The maximum absolute atomic E-state index is 5.45. The minimum absolute atomic E-state index is 0.714. The van der Waals surface area contributed by atoms with Crippen molar-refractivity contribution in [2.24, 2.45) is 5.73 Å². The molecular weight excluding hydrogens is 200 g/mol. The second-order valence-corrected chi connectivity index (χ2v) is 3.57. The van der Waals surface area contributed by atoms with Gasteiger partial charge in [0.1, 0.15) is 0 Å². The molecule has 0 atom stereocenters. The van der Waals surface area contributed by atoms with Gasteiger partial charge in [-0.05, 0) is 37.2 Å². The van der Waals surface area contributed by atoms with Crippen molar-refractivity contribution in [2.75, 3.05) is 18.4 Å². The van der Waals surface area contributed by atoms with Gasteiger partial charge in [-0.1, -0.05) is 6.07 Å². The summed E-state index contributed by atoms with van der Waals surface area (Å²) in [6.07, 6.45) is 4.68. The molecule has 0 spiro atoms. The number of anilines is 1. The highest BCUT2D eigenvalue weighted by Gasteiger charge is 1.97. The number of nitrogens with two attached hydrogens (primary N) is 1. The van der Waals surface area contributed by atoms with Gasteiger partial charge in [-0.25, -0.2) is 4.68 Å². The quantitative estimate of drug-likeness (QED) is 0.747. The molecule has 1 heterocycles. The van der Waals surface area contributed by atoms with E-state index in [0.717, 1.165) is 24.3 Å². The van der Waals surface area contributed by atoms with Gasteiger partial charge in [0.05, 0.1) is 5.69 Å². The summed E-state index contributed by atoms with van der Waals surface area (Å²) in [6, 6.07) is 10.1. The van der Waals surface area contributed by atoms with E-state index in [-0.39, 0.29) is 0 Å². The van der Waals surface area contributed by atoms with Crippen molar-refractivity contribution in [2.45, 2.75) is 6.42 Å². The van der Waals surface area contributed by atoms with Crippen LogP contribution < -0.4 is 11.1 Å². The Morgan fingerprint density at radius 3 is 3.00 bits per heavy atom. The molecule has 0 aliphatic heterocycles. The van der Waals surface area contributed by atoms with Crippen molar-refractivity contribution in [3.63, 3.8) is 0 Å². The Morgan fingerprint density at radius 2 is 2.25 bits per heavy atom. The van der Waals surface area contributed by atoms with Crippen LogP contribution in [0.4, 0.5) is 5.69 Å². The zero-order valence-corrected chi connectivity index (χ0v) is 9.13. The predicted molar refractivity (Wildman–Crippen MR) is 65.7 cm³/mol. The summed E-state index contributed by atoms with van der Waals surface area (Å²) in [5, 5.41) is 7.52. The summed E-state index contributed by atoms with van der Waals surface area (Å²) in [6.45, 7) is 1.62. The fraction of sp³-hybridized carbons (Fsp3) is 0.250. The predicted octanol–water partition coefficient (Wildman–Crippen LogP) is 1.63. The fourth-order valence-corrected chi connectivity index (χ4v) is 1.51. The average Bonchev–Trinajstić information content (AvgIpc) is 2.83. The van der Waals surface area contributed by atoms with Crippen LogP contribution in [-0.4, -0.2) is 22.9 Å². The summed E-state index contributed by atoms with van der Waals surface area (Å²) >= 11 is 0. The summed E-state index contributed by atoms with van der Waals surface area (Å²) in [7, 11) is 0. The molecule has 2 rings (SSSR count). The van der Waals surface area contributed by atoms with Crippen LogP contribution in [-0.2, 0) is 0 Å². The highest BCUT2D eigenvalue weighted by molar-refractivity contribution is 5.50. The van der Waals surface area contributed by atoms with Gasteiger partial charge in [-0.3, -0.25) is 0 Å². The number of hydrogen-bond acceptors (Lipinski definition) is 3. The molecule has 0 aliphatic carbocycles. The molecule has 4 heteroatoms. The molecule has 4 nitrogen and oxygen atoms in total. The van der Waals surface area contributed by atoms with Crippen molar-refractivity contribution in [1.82, 2.24) is 9.78 Å². The maximum Gasteiger partial charge on any atom is 0.0666 e. The number of aromatic nitrogens is 2. The number of benzene rings is 1. The van der Waals surface area contributed by atoms with Crippen LogP contribution in [0.2, 0.25) is 0 Å². The van der Waals surface area contributed by atoms with E-state index >= 15 is 0 Å². The Morgan fingerprint density at radius 1 is 1.31 bits per heavy atom. The van der Waals surface area contributed by atoms with Gasteiger partial charge < -0.3 is 11.1 Å². The van der Waals surface area contributed by atoms with Gasteiger partial charge >= 0.3 is 0 Å². The van der Waals surface area contributed by atoms with Crippen LogP contribution in [0, 0.1) is 0 Å². The van der Waals surface area contributed by atoms with E-state index in [1.807, 2.05) is 35.1 Å². The normalized spacial score (nSPS) is 10.3. The molecule has 0 unspecified atom stereocenters. The van der Waals surface area contributed by atoms with Gasteiger partial charge in [-0.15, -0.1) is 0 Å². The molecule has 84 valence electrons. The highest BCUT2D eigenvalue weighted by Crippen LogP contribution is 2.13. The minimum atomic E-state index is 0.714. The van der Waals surface area contributed by atoms with E-state index in [1.165, 1.54) is 0 Å². The molecule has 0 saturated carbocycles. The molecule has 0 bridgehead atoms. The molecule has 0 fully saturated rings. The molecule has 1 aromatic carbocycles. The second kappa shape index (κ2) is 5.32. The van der Waals surface area contributed by atoms with Gasteiger partial charge in [-0.2, -0.15) is 5.10 Å². The van der Waals surface area contributed by atoms with Crippen molar-refractivity contribution in [3.8, 4) is 5.69 Å². The van der Waals surface area contributed by atoms with E-state index in [0.29, 0.717) is 6.54 Å². The second-order valence-electron chi connectivity index (χ2n) is 3.57. The summed E-state index contributed by atoms with van der Waals surface area (Å²) in [5.41, 5.74) is 7.60. The third-order valence-electron chi connectivity index (χ3n) is 2.33. The van der Waals surface area contributed by atoms with E-state index < -0.39 is 0 Å². The third-order valence-corrected chi connectivity index (χ3v) is 2.33. The molecule has 0 radical (unpaired) electrons. The number of hydrogen-bond donors (Lipinski definition) is 2. The van der Waals surface area contributed by atoms with E-state index in [1.54, 1.807) is 6.20 Å². The van der Waals surface area contributed by atoms with Crippen LogP contribution in [0.25, 0.3) is 5.69 Å². The number of rotatable bonds is 5. The lowest BCUT2D eigenvalue weighted by atomic mass is 10.2. The Bertz CT molecular complexity index is 422. The molecule has 2 aromatic rings. The minimum Gasteiger partial charge on any atom is -0.385 e. The largest absolute Gasteiger partial charge is 0.385 e. The number of nitrogens with zero attached hydrogens (tertiary/aromatic N) is 2. The van der Waals surface area contributed by atoms with Crippen molar-refractivity contribution in [1.29, 1.82) is 0 Å². The molecule has 1 aromatic heterocycles. The Kier molecular flexibility index (Phi) is 3.56. The summed E-state index contributed by atoms with van der Waals surface area (Å²) < 4.78 is 1.84. The van der Waals surface area contributed by atoms with Crippen molar-refractivity contribution in [3.05, 3.63) is 42.7 Å². The zero-order chi connectivity index (χ0) is 11.2. The van der Waals surface area contributed by atoms with E-state index in [9.17, 15) is 0 Å². The number of nitrogens with one attached hydrogen (secondary N) is 1. The standard InChI is InChI=1S/C12H16N4/c13-6-2-7-14-11-4-1-5-12(10-11)16-9-3-8-15-16/h1,3-5,8-10,14H,2,6-7,13H2. The van der Waals surface area contributed by atoms with E-state index in [4.69, 9.17) is 5.73 Å². The molecule has 0 amide bonds. The lowest BCUT2D eigenvalue weighted by Crippen LogP contribution is -2.08. The summed E-state index contributed by atoms with van der Waals surface area (Å²) in [5.74, 6) is 0. The smallest absolute Gasteiger partial charge is 0.0666 e. The fourth-order valence-electron chi connectivity index (χ4n) is 1.51. The van der Waals surface area contributed by atoms with E-state index in [2.05, 4.69) is 16.5 Å². The first-order valence-corrected chi connectivity index (χ1v) is 5.44. The van der Waals surface area contributed by atoms with Crippen LogP contribution in [0.15, 0.2) is 42.7 Å². The lowest BCUT2D eigenvalue weighted by Gasteiger charge is -2.07. The summed E-state index contributed by atoms with van der Waals surface area (Å²) in [4.78, 5) is 0. The van der Waals surface area contributed by atoms with Crippen molar-refractivity contribution >= 4 is 5.69 Å². The first-order chi connectivity index (χ1) is 7.90. The highest BCUT2D eigenvalue weighted by atomic mass is 15.3. The molecule has 16 heavy (non-hydrogen) atoms. The molecule has 0 aliphatic rings. The van der Waals surface area contributed by atoms with Crippen molar-refractivity contribution < 1.29 is 0 Å². The maximum atomic E-state index is 5.45. The average molecular weight is 216 g/mol. The first kappa shape index (κ1) is 10.7. The molecular formula is C12H16N4. The molecule has 0 saturated heterocycles. The van der Waals surface area contributed by atoms with Gasteiger partial charge in [0, 0.05) is 24.6 Å².